The average Bonchev–Trinajstić information content (AvgIpc) is 2.64. The van der Waals surface area contributed by atoms with Crippen LogP contribution in [0.2, 0.25) is 0 Å². The van der Waals surface area contributed by atoms with Gasteiger partial charge < -0.3 is 5.11 Å². The molecule has 0 aliphatic heterocycles. The van der Waals surface area contributed by atoms with Crippen LogP contribution in [0.1, 0.15) is 51.3 Å². The van der Waals surface area contributed by atoms with Gasteiger partial charge in [-0.2, -0.15) is 0 Å². The summed E-state index contributed by atoms with van der Waals surface area (Å²) in [6.45, 7) is 6.93. The zero-order chi connectivity index (χ0) is 12.7. The summed E-state index contributed by atoms with van der Waals surface area (Å²) in [4.78, 5) is 1.12. The van der Waals surface area contributed by atoms with E-state index < -0.39 is 5.60 Å². The van der Waals surface area contributed by atoms with E-state index in [2.05, 4.69) is 36.7 Å². The summed E-state index contributed by atoms with van der Waals surface area (Å²) in [6, 6.07) is 2.04. The van der Waals surface area contributed by atoms with Crippen LogP contribution in [0.5, 0.6) is 0 Å². The van der Waals surface area contributed by atoms with Crippen molar-refractivity contribution in [2.24, 2.45) is 11.3 Å². The van der Waals surface area contributed by atoms with Gasteiger partial charge in [0.1, 0.15) is 0 Å². The van der Waals surface area contributed by atoms with Crippen molar-refractivity contribution < 1.29 is 5.11 Å². The molecule has 17 heavy (non-hydrogen) atoms. The monoisotopic (exact) mass is 316 g/mol. The van der Waals surface area contributed by atoms with Crippen LogP contribution in [0.25, 0.3) is 0 Å². The molecule has 0 amide bonds. The zero-order valence-corrected chi connectivity index (χ0v) is 13.2. The Labute approximate surface area is 116 Å². The predicted molar refractivity (Wildman–Crippen MR) is 77.3 cm³/mol. The SMILES string of the molecule is CC(C)(C)C1CCC(O)(c2sccc2Br)CC1. The van der Waals surface area contributed by atoms with Crippen LogP contribution in [0.4, 0.5) is 0 Å². The lowest BCUT2D eigenvalue weighted by molar-refractivity contribution is -0.0274. The molecule has 0 atom stereocenters. The summed E-state index contributed by atoms with van der Waals surface area (Å²) in [5.74, 6) is 0.738. The Kier molecular flexibility index (Phi) is 3.73. The molecule has 0 saturated heterocycles. The van der Waals surface area contributed by atoms with Gasteiger partial charge in [0.15, 0.2) is 0 Å². The van der Waals surface area contributed by atoms with E-state index in [9.17, 15) is 5.11 Å². The molecule has 2 rings (SSSR count). The fourth-order valence-electron chi connectivity index (χ4n) is 2.81. The lowest BCUT2D eigenvalue weighted by atomic mass is 9.68. The maximum atomic E-state index is 10.8. The lowest BCUT2D eigenvalue weighted by Crippen LogP contribution is -2.35. The molecular weight excluding hydrogens is 296 g/mol. The number of thiophene rings is 1. The second-order valence-corrected chi connectivity index (χ2v) is 8.04. The van der Waals surface area contributed by atoms with Gasteiger partial charge >= 0.3 is 0 Å². The Morgan fingerprint density at radius 1 is 1.35 bits per heavy atom. The van der Waals surface area contributed by atoms with E-state index in [1.165, 1.54) is 0 Å². The Morgan fingerprint density at radius 3 is 2.35 bits per heavy atom. The number of halogens is 1. The highest BCUT2D eigenvalue weighted by Crippen LogP contribution is 2.48. The third-order valence-electron chi connectivity index (χ3n) is 4.08. The molecule has 1 aliphatic rings. The van der Waals surface area contributed by atoms with Crippen molar-refractivity contribution in [3.05, 3.63) is 20.8 Å². The zero-order valence-electron chi connectivity index (χ0n) is 10.8. The van der Waals surface area contributed by atoms with Gasteiger partial charge in [-0.25, -0.2) is 0 Å². The standard InChI is InChI=1S/C14H21BrOS/c1-13(2,3)10-4-7-14(16,8-5-10)12-11(15)6-9-17-12/h6,9-10,16H,4-5,7-8H2,1-3H3. The second-order valence-electron chi connectivity index (χ2n) is 6.27. The lowest BCUT2D eigenvalue weighted by Gasteiger charge is -2.41. The summed E-state index contributed by atoms with van der Waals surface area (Å²) < 4.78 is 1.07. The van der Waals surface area contributed by atoms with Crippen LogP contribution >= 0.6 is 27.3 Å². The highest BCUT2D eigenvalue weighted by atomic mass is 79.9. The first-order valence-corrected chi connectivity index (χ1v) is 7.96. The molecule has 96 valence electrons. The molecular formula is C14H21BrOS. The van der Waals surface area contributed by atoms with E-state index in [0.29, 0.717) is 5.41 Å². The van der Waals surface area contributed by atoms with Crippen LogP contribution in [-0.2, 0) is 5.60 Å². The molecule has 1 N–H and O–H groups in total. The van der Waals surface area contributed by atoms with Crippen LogP contribution in [0.15, 0.2) is 15.9 Å². The molecule has 0 radical (unpaired) electrons. The van der Waals surface area contributed by atoms with Gasteiger partial charge in [-0.3, -0.25) is 0 Å². The fraction of sp³-hybridized carbons (Fsp3) is 0.714. The summed E-state index contributed by atoms with van der Waals surface area (Å²) in [7, 11) is 0. The molecule has 1 aliphatic carbocycles. The van der Waals surface area contributed by atoms with Gasteiger partial charge in [0.05, 0.1) is 10.5 Å². The van der Waals surface area contributed by atoms with E-state index in [1.54, 1.807) is 11.3 Å². The van der Waals surface area contributed by atoms with Crippen molar-refractivity contribution in [3.63, 3.8) is 0 Å². The summed E-state index contributed by atoms with van der Waals surface area (Å²) in [6.07, 6.45) is 4.05. The molecule has 1 aromatic rings. The van der Waals surface area contributed by atoms with Crippen LogP contribution in [0.3, 0.4) is 0 Å². The third kappa shape index (κ3) is 2.77. The van der Waals surface area contributed by atoms with Gasteiger partial charge in [0.2, 0.25) is 0 Å². The van der Waals surface area contributed by atoms with Crippen molar-refractivity contribution in [2.75, 3.05) is 0 Å². The average molecular weight is 317 g/mol. The van der Waals surface area contributed by atoms with Crippen molar-refractivity contribution in [1.82, 2.24) is 0 Å². The molecule has 1 saturated carbocycles. The topological polar surface area (TPSA) is 20.2 Å². The van der Waals surface area contributed by atoms with Gasteiger partial charge in [0.25, 0.3) is 0 Å². The van der Waals surface area contributed by atoms with E-state index in [-0.39, 0.29) is 0 Å². The quantitative estimate of drug-likeness (QED) is 0.778. The third-order valence-corrected chi connectivity index (χ3v) is 6.11. The molecule has 0 bridgehead atoms. The highest BCUT2D eigenvalue weighted by molar-refractivity contribution is 9.10. The van der Waals surface area contributed by atoms with Crippen LogP contribution in [0, 0.1) is 11.3 Å². The van der Waals surface area contributed by atoms with Crippen molar-refractivity contribution in [1.29, 1.82) is 0 Å². The van der Waals surface area contributed by atoms with Gasteiger partial charge in [0, 0.05) is 4.47 Å². The number of hydrogen-bond donors (Lipinski definition) is 1. The molecule has 0 unspecified atom stereocenters. The molecule has 1 heterocycles. The summed E-state index contributed by atoms with van der Waals surface area (Å²) >= 11 is 5.21. The maximum absolute atomic E-state index is 10.8. The Bertz CT molecular complexity index is 383. The first-order valence-electron chi connectivity index (χ1n) is 6.29. The molecule has 0 aromatic carbocycles. The Morgan fingerprint density at radius 2 is 1.94 bits per heavy atom. The van der Waals surface area contributed by atoms with E-state index in [0.717, 1.165) is 41.0 Å². The summed E-state index contributed by atoms with van der Waals surface area (Å²) in [5, 5.41) is 12.8. The minimum absolute atomic E-state index is 0.369. The van der Waals surface area contributed by atoms with Crippen molar-refractivity contribution in [2.45, 2.75) is 52.1 Å². The van der Waals surface area contributed by atoms with E-state index in [4.69, 9.17) is 0 Å². The van der Waals surface area contributed by atoms with Gasteiger partial charge in [-0.15, -0.1) is 11.3 Å². The van der Waals surface area contributed by atoms with E-state index in [1.807, 2.05) is 11.4 Å². The molecule has 1 fully saturated rings. The van der Waals surface area contributed by atoms with Gasteiger partial charge in [-0.05, 0) is 64.4 Å². The largest absolute Gasteiger partial charge is 0.384 e. The first kappa shape index (κ1) is 13.6. The van der Waals surface area contributed by atoms with Crippen molar-refractivity contribution in [3.8, 4) is 0 Å². The molecule has 3 heteroatoms. The van der Waals surface area contributed by atoms with Crippen LogP contribution in [-0.4, -0.2) is 5.11 Å². The number of hydrogen-bond acceptors (Lipinski definition) is 2. The summed E-state index contributed by atoms with van der Waals surface area (Å²) in [5.41, 5.74) is -0.219. The maximum Gasteiger partial charge on any atom is 0.0999 e. The number of aliphatic hydroxyl groups is 1. The molecule has 1 aromatic heterocycles. The fourth-order valence-corrected chi connectivity index (χ4v) is 4.72. The predicted octanol–water partition coefficient (Wildman–Crippen LogP) is 4.93. The minimum Gasteiger partial charge on any atom is -0.384 e. The Balaban J connectivity index is 2.11. The second kappa shape index (κ2) is 4.67. The smallest absolute Gasteiger partial charge is 0.0999 e. The van der Waals surface area contributed by atoms with E-state index >= 15 is 0 Å². The Hall–Kier alpha value is 0.140. The first-order chi connectivity index (χ1) is 7.83. The van der Waals surface area contributed by atoms with Gasteiger partial charge in [-0.1, -0.05) is 20.8 Å². The normalized spacial score (nSPS) is 30.5. The molecule has 1 nitrogen and oxygen atoms in total. The highest BCUT2D eigenvalue weighted by Gasteiger charge is 2.39. The van der Waals surface area contributed by atoms with Crippen LogP contribution < -0.4 is 0 Å². The van der Waals surface area contributed by atoms with Crippen molar-refractivity contribution >= 4 is 27.3 Å². The number of rotatable bonds is 1. The molecule has 0 spiro atoms. The minimum atomic E-state index is -0.589.